The molecule has 0 fully saturated rings. The second-order valence-corrected chi connectivity index (χ2v) is 2.23. The van der Waals surface area contributed by atoms with E-state index < -0.39 is 0 Å². The molecule has 0 aliphatic heterocycles. The standard InChI is InChI=1S/C7H11NOS.C2H6/c1-4-6(3)7(9)8(10)5-2;1-2/h4-5,10H,2H2,1,3H3;1-2H3/b6-4-;. The van der Waals surface area contributed by atoms with Crippen LogP contribution in [0.15, 0.2) is 24.4 Å². The lowest BCUT2D eigenvalue weighted by Gasteiger charge is -2.08. The molecule has 0 aliphatic rings. The van der Waals surface area contributed by atoms with Gasteiger partial charge in [-0.15, -0.1) is 0 Å². The zero-order valence-electron chi connectivity index (χ0n) is 8.16. The first-order valence-corrected chi connectivity index (χ1v) is 4.31. The van der Waals surface area contributed by atoms with Crippen molar-refractivity contribution in [3.63, 3.8) is 0 Å². The van der Waals surface area contributed by atoms with Crippen molar-refractivity contribution in [2.24, 2.45) is 0 Å². The molecule has 3 heteroatoms. The van der Waals surface area contributed by atoms with Crippen LogP contribution in [0, 0.1) is 0 Å². The highest BCUT2D eigenvalue weighted by Gasteiger charge is 2.06. The van der Waals surface area contributed by atoms with Crippen molar-refractivity contribution < 1.29 is 4.79 Å². The minimum atomic E-state index is -0.138. The molecule has 0 aromatic heterocycles. The fourth-order valence-electron chi connectivity index (χ4n) is 0.387. The fourth-order valence-corrected chi connectivity index (χ4v) is 0.545. The van der Waals surface area contributed by atoms with Gasteiger partial charge in [-0.05, 0) is 13.8 Å². The Bertz CT molecular complexity index is 175. The maximum Gasteiger partial charge on any atom is 0.262 e. The summed E-state index contributed by atoms with van der Waals surface area (Å²) in [5, 5.41) is 0. The number of hydrogen-bond acceptors (Lipinski definition) is 2. The predicted molar refractivity (Wildman–Crippen MR) is 56.8 cm³/mol. The van der Waals surface area contributed by atoms with Gasteiger partial charge in [0.25, 0.3) is 5.91 Å². The number of allylic oxidation sites excluding steroid dienone is 1. The highest BCUT2D eigenvalue weighted by molar-refractivity contribution is 7.78. The smallest absolute Gasteiger partial charge is 0.262 e. The lowest BCUT2D eigenvalue weighted by atomic mass is 10.3. The lowest BCUT2D eigenvalue weighted by molar-refractivity contribution is -0.120. The van der Waals surface area contributed by atoms with Gasteiger partial charge in [-0.2, -0.15) is 0 Å². The van der Waals surface area contributed by atoms with Gasteiger partial charge in [0.15, 0.2) is 0 Å². The van der Waals surface area contributed by atoms with E-state index in [1.807, 2.05) is 13.8 Å². The highest BCUT2D eigenvalue weighted by atomic mass is 32.1. The Morgan fingerprint density at radius 2 is 1.92 bits per heavy atom. The first-order valence-electron chi connectivity index (χ1n) is 3.91. The number of amides is 1. The van der Waals surface area contributed by atoms with E-state index in [9.17, 15) is 4.79 Å². The molecule has 0 unspecified atom stereocenters. The van der Waals surface area contributed by atoms with Crippen molar-refractivity contribution >= 4 is 18.7 Å². The number of carbonyl (C=O) groups is 1. The molecule has 0 aliphatic carbocycles. The number of nitrogens with zero attached hydrogens (tertiary/aromatic N) is 1. The molecule has 0 aromatic carbocycles. The molecule has 1 amide bonds. The SMILES string of the molecule is C=CN(S)C(=O)/C(C)=C\C.CC. The predicted octanol–water partition coefficient (Wildman–Crippen LogP) is 2.80. The molecule has 0 saturated carbocycles. The second kappa shape index (κ2) is 8.40. The lowest BCUT2D eigenvalue weighted by Crippen LogP contribution is -2.15. The Labute approximate surface area is 80.5 Å². The van der Waals surface area contributed by atoms with Crippen molar-refractivity contribution in [1.82, 2.24) is 4.31 Å². The number of carbonyl (C=O) groups excluding carboxylic acids is 1. The third-order valence-electron chi connectivity index (χ3n) is 1.15. The molecule has 0 N–H and O–H groups in total. The largest absolute Gasteiger partial charge is 0.268 e. The molecule has 0 spiro atoms. The average molecular weight is 187 g/mol. The summed E-state index contributed by atoms with van der Waals surface area (Å²) in [6.07, 6.45) is 3.09. The van der Waals surface area contributed by atoms with Crippen LogP contribution in [0.5, 0.6) is 0 Å². The summed E-state index contributed by atoms with van der Waals surface area (Å²) in [5.41, 5.74) is 0.662. The van der Waals surface area contributed by atoms with Crippen LogP contribution in [0.3, 0.4) is 0 Å². The zero-order chi connectivity index (χ0) is 10.1. The molecule has 0 aromatic rings. The maximum atomic E-state index is 11.0. The fraction of sp³-hybridized carbons (Fsp3) is 0.444. The van der Waals surface area contributed by atoms with Crippen LogP contribution >= 0.6 is 12.8 Å². The summed E-state index contributed by atoms with van der Waals surface area (Å²) in [5.74, 6) is -0.138. The first-order chi connectivity index (χ1) is 5.63. The molecular weight excluding hydrogens is 170 g/mol. The molecular formula is C9H17NOS. The average Bonchev–Trinajstić information content (AvgIpc) is 2.17. The Hall–Kier alpha value is -0.700. The zero-order valence-corrected chi connectivity index (χ0v) is 9.06. The van der Waals surface area contributed by atoms with Crippen molar-refractivity contribution in [1.29, 1.82) is 0 Å². The molecule has 70 valence electrons. The Kier molecular flexibility index (Phi) is 9.70. The van der Waals surface area contributed by atoms with Gasteiger partial charge < -0.3 is 0 Å². The minimum Gasteiger partial charge on any atom is -0.268 e. The summed E-state index contributed by atoms with van der Waals surface area (Å²) in [6.45, 7) is 10.9. The van der Waals surface area contributed by atoms with Crippen LogP contribution < -0.4 is 0 Å². The molecule has 0 saturated heterocycles. The summed E-state index contributed by atoms with van der Waals surface area (Å²) in [4.78, 5) is 11.0. The number of hydrogen-bond donors (Lipinski definition) is 1. The molecule has 0 atom stereocenters. The van der Waals surface area contributed by atoms with Crippen LogP contribution in [0.4, 0.5) is 0 Å². The van der Waals surface area contributed by atoms with Crippen molar-refractivity contribution in [2.75, 3.05) is 0 Å². The second-order valence-electron chi connectivity index (χ2n) is 1.80. The highest BCUT2D eigenvalue weighted by Crippen LogP contribution is 2.02. The van der Waals surface area contributed by atoms with Gasteiger partial charge in [-0.1, -0.05) is 39.3 Å². The van der Waals surface area contributed by atoms with Crippen LogP contribution in [-0.2, 0) is 4.79 Å². The van der Waals surface area contributed by atoms with Crippen molar-refractivity contribution in [3.8, 4) is 0 Å². The molecule has 0 radical (unpaired) electrons. The molecule has 0 bridgehead atoms. The van der Waals surface area contributed by atoms with Gasteiger partial charge in [-0.3, -0.25) is 9.10 Å². The number of thiol groups is 1. The topological polar surface area (TPSA) is 20.3 Å². The minimum absolute atomic E-state index is 0.138. The van der Waals surface area contributed by atoms with Crippen LogP contribution in [0.2, 0.25) is 0 Å². The van der Waals surface area contributed by atoms with Gasteiger partial charge in [-0.25, -0.2) is 0 Å². The first kappa shape index (κ1) is 13.9. The molecule has 2 nitrogen and oxygen atoms in total. The quantitative estimate of drug-likeness (QED) is 0.520. The van der Waals surface area contributed by atoms with E-state index in [0.29, 0.717) is 5.57 Å². The maximum absolute atomic E-state index is 11.0. The van der Waals surface area contributed by atoms with E-state index in [1.54, 1.807) is 19.9 Å². The van der Waals surface area contributed by atoms with E-state index in [2.05, 4.69) is 19.4 Å². The van der Waals surface area contributed by atoms with E-state index >= 15 is 0 Å². The Balaban J connectivity index is 0. The van der Waals surface area contributed by atoms with E-state index in [0.717, 1.165) is 4.31 Å². The van der Waals surface area contributed by atoms with Crippen molar-refractivity contribution in [3.05, 3.63) is 24.4 Å². The normalized spacial score (nSPS) is 9.58. The summed E-state index contributed by atoms with van der Waals surface area (Å²) < 4.78 is 1.15. The molecule has 0 heterocycles. The monoisotopic (exact) mass is 187 g/mol. The van der Waals surface area contributed by atoms with Gasteiger partial charge >= 0.3 is 0 Å². The van der Waals surface area contributed by atoms with Crippen LogP contribution in [0.25, 0.3) is 0 Å². The summed E-state index contributed by atoms with van der Waals surface area (Å²) >= 11 is 3.84. The van der Waals surface area contributed by atoms with Gasteiger partial charge in [0.05, 0.1) is 0 Å². The number of rotatable bonds is 2. The summed E-state index contributed by atoms with van der Waals surface area (Å²) in [7, 11) is 0. The van der Waals surface area contributed by atoms with Crippen LogP contribution in [-0.4, -0.2) is 10.2 Å². The van der Waals surface area contributed by atoms with Gasteiger partial charge in [0.1, 0.15) is 0 Å². The Morgan fingerprint density at radius 1 is 1.50 bits per heavy atom. The van der Waals surface area contributed by atoms with E-state index in [-0.39, 0.29) is 5.91 Å². The summed E-state index contributed by atoms with van der Waals surface area (Å²) in [6, 6.07) is 0. The van der Waals surface area contributed by atoms with Crippen molar-refractivity contribution in [2.45, 2.75) is 27.7 Å². The van der Waals surface area contributed by atoms with Crippen LogP contribution in [0.1, 0.15) is 27.7 Å². The Morgan fingerprint density at radius 3 is 2.17 bits per heavy atom. The van der Waals surface area contributed by atoms with E-state index in [4.69, 9.17) is 0 Å². The molecule has 12 heavy (non-hydrogen) atoms. The third kappa shape index (κ3) is 5.02. The van der Waals surface area contributed by atoms with E-state index in [1.165, 1.54) is 6.20 Å². The van der Waals surface area contributed by atoms with Gasteiger partial charge in [0, 0.05) is 11.8 Å². The third-order valence-corrected chi connectivity index (χ3v) is 1.50. The van der Waals surface area contributed by atoms with Gasteiger partial charge in [0.2, 0.25) is 0 Å². The molecule has 0 rings (SSSR count).